The lowest BCUT2D eigenvalue weighted by Gasteiger charge is -2.08. The van der Waals surface area contributed by atoms with Gasteiger partial charge in [-0.15, -0.1) is 24.8 Å². The van der Waals surface area contributed by atoms with Gasteiger partial charge in [-0.05, 0) is 24.1 Å². The van der Waals surface area contributed by atoms with Crippen molar-refractivity contribution in [3.63, 3.8) is 0 Å². The van der Waals surface area contributed by atoms with Gasteiger partial charge in [0, 0.05) is 12.5 Å². The van der Waals surface area contributed by atoms with Gasteiger partial charge in [0.05, 0.1) is 0 Å². The van der Waals surface area contributed by atoms with E-state index in [2.05, 4.69) is 10.5 Å². The quantitative estimate of drug-likeness (QED) is 0.753. The molecule has 1 aliphatic heterocycles. The second-order valence-corrected chi connectivity index (χ2v) is 3.47. The molecule has 0 aliphatic carbocycles. The Hall–Kier alpha value is -1.13. The predicted molar refractivity (Wildman–Crippen MR) is 69.4 cm³/mol. The second kappa shape index (κ2) is 6.45. The third-order valence-electron chi connectivity index (χ3n) is 2.38. The van der Waals surface area contributed by atoms with E-state index in [1.165, 1.54) is 0 Å². The summed E-state index contributed by atoms with van der Waals surface area (Å²) >= 11 is 0. The predicted octanol–water partition coefficient (Wildman–Crippen LogP) is 1.27. The van der Waals surface area contributed by atoms with Crippen molar-refractivity contribution in [2.45, 2.75) is 6.42 Å². The molecule has 6 heteroatoms. The molecule has 1 heterocycles. The zero-order chi connectivity index (χ0) is 9.97. The minimum Gasteiger partial charge on any atom is -0.508 e. The summed E-state index contributed by atoms with van der Waals surface area (Å²) in [6.45, 7) is 0.798. The van der Waals surface area contributed by atoms with Gasteiger partial charge >= 0.3 is 0 Å². The smallest absolute Gasteiger partial charge is 0.124 e. The second-order valence-electron chi connectivity index (χ2n) is 3.47. The number of aromatic hydroxyl groups is 1. The van der Waals surface area contributed by atoms with Gasteiger partial charge in [-0.3, -0.25) is 0 Å². The number of nitrogens with zero attached hydrogens (tertiary/aromatic N) is 1. The summed E-state index contributed by atoms with van der Waals surface area (Å²) in [5, 5.41) is 13.0. The summed E-state index contributed by atoms with van der Waals surface area (Å²) in [7, 11) is 0. The molecule has 0 saturated heterocycles. The van der Waals surface area contributed by atoms with Crippen LogP contribution in [0.3, 0.4) is 0 Å². The minimum absolute atomic E-state index is 0. The maximum absolute atomic E-state index is 9.11. The first kappa shape index (κ1) is 14.9. The van der Waals surface area contributed by atoms with Crippen molar-refractivity contribution in [1.29, 1.82) is 0 Å². The van der Waals surface area contributed by atoms with Crippen LogP contribution >= 0.6 is 24.8 Å². The Morgan fingerprint density at radius 3 is 2.44 bits per heavy atom. The first-order valence-electron chi connectivity index (χ1n) is 4.59. The molecule has 0 saturated carbocycles. The summed E-state index contributed by atoms with van der Waals surface area (Å²) < 4.78 is 0. The monoisotopic (exact) mass is 263 g/mol. The van der Waals surface area contributed by atoms with E-state index in [9.17, 15) is 0 Å². The number of phenols is 1. The van der Waals surface area contributed by atoms with Crippen molar-refractivity contribution in [2.75, 3.05) is 6.54 Å². The molecule has 4 nitrogen and oxygen atoms in total. The number of hydrogen-bond donors (Lipinski definition) is 3. The average Bonchev–Trinajstić information content (AvgIpc) is 2.56. The van der Waals surface area contributed by atoms with Crippen molar-refractivity contribution in [2.24, 2.45) is 16.8 Å². The third kappa shape index (κ3) is 3.47. The van der Waals surface area contributed by atoms with Crippen LogP contribution in [0.15, 0.2) is 29.4 Å². The Kier molecular flexibility index (Phi) is 6.00. The molecule has 1 aromatic rings. The van der Waals surface area contributed by atoms with Gasteiger partial charge < -0.3 is 16.3 Å². The van der Waals surface area contributed by atoms with Crippen molar-refractivity contribution in [3.05, 3.63) is 29.8 Å². The van der Waals surface area contributed by atoms with Gasteiger partial charge in [0.1, 0.15) is 11.6 Å². The number of amidine groups is 1. The average molecular weight is 264 g/mol. The molecule has 90 valence electrons. The highest BCUT2D eigenvalue weighted by molar-refractivity contribution is 5.85. The number of phenolic OH excluding ortho intramolecular Hbond substituents is 1. The fourth-order valence-corrected chi connectivity index (χ4v) is 1.54. The molecule has 0 radical (unpaired) electrons. The van der Waals surface area contributed by atoms with E-state index in [1.807, 2.05) is 12.1 Å². The van der Waals surface area contributed by atoms with E-state index in [0.717, 1.165) is 18.5 Å². The molecule has 0 amide bonds. The Balaban J connectivity index is 0.00000112. The summed E-state index contributed by atoms with van der Waals surface area (Å²) in [6, 6.07) is 7.18. The number of nitrogens with one attached hydrogen (secondary N) is 1. The van der Waals surface area contributed by atoms with Crippen LogP contribution in [0.4, 0.5) is 0 Å². The van der Waals surface area contributed by atoms with Gasteiger partial charge in [0.25, 0.3) is 0 Å². The fraction of sp³-hybridized carbons (Fsp3) is 0.300. The zero-order valence-corrected chi connectivity index (χ0v) is 10.2. The number of hydrogen-bond acceptors (Lipinski definition) is 4. The van der Waals surface area contributed by atoms with E-state index in [1.54, 1.807) is 12.1 Å². The molecule has 1 atom stereocenters. The van der Waals surface area contributed by atoms with Crippen LogP contribution in [0.1, 0.15) is 5.56 Å². The summed E-state index contributed by atoms with van der Waals surface area (Å²) in [6.07, 6.45) is 0.864. The van der Waals surface area contributed by atoms with E-state index in [4.69, 9.17) is 10.8 Å². The lowest BCUT2D eigenvalue weighted by Crippen LogP contribution is -2.24. The van der Waals surface area contributed by atoms with E-state index >= 15 is 0 Å². The molecule has 4 N–H and O–H groups in total. The first-order valence-corrected chi connectivity index (χ1v) is 4.59. The summed E-state index contributed by atoms with van der Waals surface area (Å²) in [4.78, 5) is 0. The van der Waals surface area contributed by atoms with Gasteiger partial charge in [0.2, 0.25) is 0 Å². The summed E-state index contributed by atoms with van der Waals surface area (Å²) in [5.41, 5.74) is 9.72. The molecule has 2 rings (SSSR count). The topological polar surface area (TPSA) is 70.6 Å². The van der Waals surface area contributed by atoms with Gasteiger partial charge in [-0.1, -0.05) is 12.1 Å². The molecular formula is C10H15Cl2N3O. The molecule has 0 aromatic heterocycles. The highest BCUT2D eigenvalue weighted by Crippen LogP contribution is 2.14. The molecule has 1 aliphatic rings. The Morgan fingerprint density at radius 2 is 1.94 bits per heavy atom. The van der Waals surface area contributed by atoms with Crippen LogP contribution in [0, 0.1) is 5.92 Å². The molecule has 16 heavy (non-hydrogen) atoms. The Bertz CT molecular complexity index is 354. The zero-order valence-electron chi connectivity index (χ0n) is 8.59. The number of nitrogens with two attached hydrogens (primary N) is 1. The van der Waals surface area contributed by atoms with Crippen LogP contribution in [-0.4, -0.2) is 17.5 Å². The van der Waals surface area contributed by atoms with Gasteiger partial charge in [-0.2, -0.15) is 5.10 Å². The lowest BCUT2D eigenvalue weighted by molar-refractivity contribution is 0.475. The highest BCUT2D eigenvalue weighted by Gasteiger charge is 2.18. The maximum atomic E-state index is 9.11. The van der Waals surface area contributed by atoms with Crippen molar-refractivity contribution < 1.29 is 5.11 Å². The Labute approximate surface area is 107 Å². The SMILES string of the molecule is Cl.Cl.NC1=NNCC1Cc1ccc(O)cc1. The Morgan fingerprint density at radius 1 is 1.31 bits per heavy atom. The first-order chi connectivity index (χ1) is 6.75. The molecule has 1 aromatic carbocycles. The van der Waals surface area contributed by atoms with Crippen LogP contribution in [-0.2, 0) is 6.42 Å². The standard InChI is InChI=1S/C10H13N3O.2ClH/c11-10-8(6-12-13-10)5-7-1-3-9(14)4-2-7;;/h1-4,8,12,14H,5-6H2,(H2,11,13);2*1H. The number of halogens is 2. The number of rotatable bonds is 2. The van der Waals surface area contributed by atoms with Crippen molar-refractivity contribution >= 4 is 30.6 Å². The molecule has 0 spiro atoms. The normalized spacial score (nSPS) is 17.8. The van der Waals surface area contributed by atoms with Crippen molar-refractivity contribution in [1.82, 2.24) is 5.43 Å². The lowest BCUT2D eigenvalue weighted by atomic mass is 9.99. The maximum Gasteiger partial charge on any atom is 0.124 e. The molecule has 1 unspecified atom stereocenters. The van der Waals surface area contributed by atoms with Crippen molar-refractivity contribution in [3.8, 4) is 5.75 Å². The summed E-state index contributed by atoms with van der Waals surface area (Å²) in [5.74, 6) is 1.23. The fourth-order valence-electron chi connectivity index (χ4n) is 1.54. The molecule has 0 bridgehead atoms. The van der Waals surface area contributed by atoms with Gasteiger partial charge in [0.15, 0.2) is 0 Å². The highest BCUT2D eigenvalue weighted by atomic mass is 35.5. The largest absolute Gasteiger partial charge is 0.508 e. The molecular weight excluding hydrogens is 249 g/mol. The van der Waals surface area contributed by atoms with Crippen LogP contribution in [0.25, 0.3) is 0 Å². The van der Waals surface area contributed by atoms with E-state index in [0.29, 0.717) is 11.6 Å². The van der Waals surface area contributed by atoms with Gasteiger partial charge in [-0.25, -0.2) is 0 Å². The van der Waals surface area contributed by atoms with E-state index < -0.39 is 0 Å². The number of hydrazone groups is 1. The van der Waals surface area contributed by atoms with Crippen LogP contribution in [0.2, 0.25) is 0 Å². The van der Waals surface area contributed by atoms with Crippen LogP contribution < -0.4 is 11.2 Å². The van der Waals surface area contributed by atoms with E-state index in [-0.39, 0.29) is 30.7 Å². The molecule has 0 fully saturated rings. The minimum atomic E-state index is 0. The number of benzene rings is 1. The van der Waals surface area contributed by atoms with Crippen LogP contribution in [0.5, 0.6) is 5.75 Å². The third-order valence-corrected chi connectivity index (χ3v) is 2.38.